The zero-order chi connectivity index (χ0) is 12.6. The third-order valence-electron chi connectivity index (χ3n) is 1.94. The lowest BCUT2D eigenvalue weighted by atomic mass is 10.2. The van der Waals surface area contributed by atoms with Crippen LogP contribution in [-0.4, -0.2) is 25.8 Å². The lowest BCUT2D eigenvalue weighted by molar-refractivity contribution is 0.125. The zero-order valence-corrected chi connectivity index (χ0v) is 9.90. The largest absolute Gasteiger partial charge is 0.469 e. The van der Waals surface area contributed by atoms with Crippen LogP contribution in [0.25, 0.3) is 11.0 Å². The minimum absolute atomic E-state index is 0.218. The summed E-state index contributed by atoms with van der Waals surface area (Å²) in [6.45, 7) is 5.75. The highest BCUT2D eigenvalue weighted by Gasteiger charge is 2.19. The van der Waals surface area contributed by atoms with Gasteiger partial charge >= 0.3 is 0 Å². The molecule has 0 aliphatic heterocycles. The number of fused-ring (bicyclic) bond motifs is 1. The monoisotopic (exact) mass is 231 g/mol. The number of aromatic amines is 1. The van der Waals surface area contributed by atoms with E-state index in [0.717, 1.165) is 0 Å². The molecule has 6 nitrogen and oxygen atoms in total. The Balaban J connectivity index is 2.60. The SMILES string of the molecule is C#Cc1nc(N)c2[nH]nc(OC(C)(C)C)c2n1. The first-order chi connectivity index (χ1) is 7.90. The number of ether oxygens (including phenoxy) is 1. The summed E-state index contributed by atoms with van der Waals surface area (Å²) >= 11 is 0. The number of nitrogen functional groups attached to an aromatic ring is 1. The number of aromatic nitrogens is 4. The highest BCUT2D eigenvalue weighted by atomic mass is 16.5. The molecule has 0 atom stereocenters. The Kier molecular flexibility index (Phi) is 2.39. The van der Waals surface area contributed by atoms with E-state index in [2.05, 4.69) is 26.1 Å². The Bertz CT molecular complexity index is 603. The van der Waals surface area contributed by atoms with Crippen LogP contribution in [0.15, 0.2) is 0 Å². The molecule has 2 rings (SSSR count). The fourth-order valence-corrected chi connectivity index (χ4v) is 1.33. The first-order valence-corrected chi connectivity index (χ1v) is 5.08. The van der Waals surface area contributed by atoms with Gasteiger partial charge in [0, 0.05) is 0 Å². The van der Waals surface area contributed by atoms with E-state index in [-0.39, 0.29) is 17.2 Å². The molecule has 0 aromatic carbocycles. The lowest BCUT2D eigenvalue weighted by Crippen LogP contribution is -2.23. The number of terminal acetylenes is 1. The smallest absolute Gasteiger partial charge is 0.260 e. The van der Waals surface area contributed by atoms with Crippen molar-refractivity contribution in [1.82, 2.24) is 20.2 Å². The first-order valence-electron chi connectivity index (χ1n) is 5.08. The van der Waals surface area contributed by atoms with Crippen molar-refractivity contribution in [2.75, 3.05) is 5.73 Å². The second-order valence-corrected chi connectivity index (χ2v) is 4.54. The minimum atomic E-state index is -0.377. The molecule has 0 bridgehead atoms. The number of rotatable bonds is 1. The van der Waals surface area contributed by atoms with E-state index in [9.17, 15) is 0 Å². The van der Waals surface area contributed by atoms with Crippen molar-refractivity contribution in [3.8, 4) is 18.2 Å². The minimum Gasteiger partial charge on any atom is -0.469 e. The maximum atomic E-state index is 5.74. The maximum Gasteiger partial charge on any atom is 0.260 e. The van der Waals surface area contributed by atoms with E-state index in [1.807, 2.05) is 20.8 Å². The fourth-order valence-electron chi connectivity index (χ4n) is 1.33. The number of anilines is 1. The molecule has 17 heavy (non-hydrogen) atoms. The molecule has 6 heteroatoms. The predicted octanol–water partition coefficient (Wildman–Crippen LogP) is 1.09. The molecule has 0 radical (unpaired) electrons. The van der Waals surface area contributed by atoms with Gasteiger partial charge in [-0.3, -0.25) is 5.10 Å². The Morgan fingerprint density at radius 2 is 2.06 bits per heavy atom. The average molecular weight is 231 g/mol. The van der Waals surface area contributed by atoms with Crippen molar-refractivity contribution in [3.63, 3.8) is 0 Å². The summed E-state index contributed by atoms with van der Waals surface area (Å²) < 4.78 is 5.65. The molecule has 0 fully saturated rings. The summed E-state index contributed by atoms with van der Waals surface area (Å²) in [5.41, 5.74) is 6.39. The standard InChI is InChI=1S/C11H13N5O/c1-5-6-13-8-7(9(12)14-6)15-16-10(8)17-11(2,3)4/h1H,2-4H3,(H,15,16)(H2,12,13,14). The summed E-state index contributed by atoms with van der Waals surface area (Å²) in [5.74, 6) is 3.19. The summed E-state index contributed by atoms with van der Waals surface area (Å²) in [7, 11) is 0. The van der Waals surface area contributed by atoms with E-state index >= 15 is 0 Å². The first kappa shape index (κ1) is 11.2. The number of H-pyrrole nitrogens is 1. The number of hydrogen-bond acceptors (Lipinski definition) is 5. The molecule has 88 valence electrons. The Morgan fingerprint density at radius 3 is 2.65 bits per heavy atom. The van der Waals surface area contributed by atoms with Gasteiger partial charge in [-0.1, -0.05) is 0 Å². The molecule has 0 unspecified atom stereocenters. The Labute approximate surface area is 98.6 Å². The number of nitrogens with zero attached hydrogens (tertiary/aromatic N) is 3. The van der Waals surface area contributed by atoms with Crippen molar-refractivity contribution >= 4 is 16.9 Å². The predicted molar refractivity (Wildman–Crippen MR) is 64.4 cm³/mol. The number of hydrogen-bond donors (Lipinski definition) is 2. The van der Waals surface area contributed by atoms with E-state index in [1.165, 1.54) is 0 Å². The van der Waals surface area contributed by atoms with E-state index in [1.54, 1.807) is 0 Å². The third kappa shape index (κ3) is 2.13. The molecule has 0 saturated heterocycles. The van der Waals surface area contributed by atoms with Gasteiger partial charge in [0.05, 0.1) is 0 Å². The van der Waals surface area contributed by atoms with Gasteiger partial charge in [0.2, 0.25) is 5.82 Å². The van der Waals surface area contributed by atoms with Crippen molar-refractivity contribution in [1.29, 1.82) is 0 Å². The zero-order valence-electron chi connectivity index (χ0n) is 9.90. The second-order valence-electron chi connectivity index (χ2n) is 4.54. The highest BCUT2D eigenvalue weighted by Crippen LogP contribution is 2.26. The van der Waals surface area contributed by atoms with Crippen LogP contribution in [0.3, 0.4) is 0 Å². The Morgan fingerprint density at radius 1 is 1.35 bits per heavy atom. The molecule has 0 aliphatic rings. The molecular weight excluding hydrogens is 218 g/mol. The van der Waals surface area contributed by atoms with E-state index in [4.69, 9.17) is 16.9 Å². The molecule has 0 aliphatic carbocycles. The van der Waals surface area contributed by atoms with Crippen LogP contribution in [0, 0.1) is 12.3 Å². The molecule has 2 aromatic heterocycles. The third-order valence-corrected chi connectivity index (χ3v) is 1.94. The van der Waals surface area contributed by atoms with Crippen molar-refractivity contribution in [2.24, 2.45) is 0 Å². The molecular formula is C11H13N5O. The molecule has 0 amide bonds. The van der Waals surface area contributed by atoms with Crippen LogP contribution < -0.4 is 10.5 Å². The van der Waals surface area contributed by atoms with Gasteiger partial charge in [0.15, 0.2) is 11.3 Å². The van der Waals surface area contributed by atoms with Crippen molar-refractivity contribution < 1.29 is 4.74 Å². The van der Waals surface area contributed by atoms with Gasteiger partial charge in [0.1, 0.15) is 11.1 Å². The topological polar surface area (TPSA) is 89.7 Å². The molecule has 0 saturated carbocycles. The molecule has 0 spiro atoms. The molecule has 3 N–H and O–H groups in total. The number of nitrogens with one attached hydrogen (secondary N) is 1. The highest BCUT2D eigenvalue weighted by molar-refractivity contribution is 5.88. The summed E-state index contributed by atoms with van der Waals surface area (Å²) in [5, 5.41) is 6.76. The van der Waals surface area contributed by atoms with Crippen molar-refractivity contribution in [3.05, 3.63) is 5.82 Å². The van der Waals surface area contributed by atoms with Crippen LogP contribution in [0.1, 0.15) is 26.6 Å². The van der Waals surface area contributed by atoms with Gasteiger partial charge in [-0.25, -0.2) is 9.97 Å². The van der Waals surface area contributed by atoms with Gasteiger partial charge in [-0.05, 0) is 26.7 Å². The van der Waals surface area contributed by atoms with Crippen LogP contribution >= 0.6 is 0 Å². The average Bonchev–Trinajstić information content (AvgIpc) is 2.59. The quantitative estimate of drug-likeness (QED) is 0.717. The number of nitrogens with two attached hydrogens (primary N) is 1. The van der Waals surface area contributed by atoms with Crippen LogP contribution in [-0.2, 0) is 0 Å². The lowest BCUT2D eigenvalue weighted by Gasteiger charge is -2.18. The summed E-state index contributed by atoms with van der Waals surface area (Å²) in [4.78, 5) is 8.09. The van der Waals surface area contributed by atoms with Crippen LogP contribution in [0.4, 0.5) is 5.82 Å². The molecule has 2 heterocycles. The summed E-state index contributed by atoms with van der Waals surface area (Å²) in [6.07, 6.45) is 5.25. The Hall–Kier alpha value is -2.29. The normalized spacial score (nSPS) is 11.4. The van der Waals surface area contributed by atoms with Gasteiger partial charge in [-0.2, -0.15) is 0 Å². The van der Waals surface area contributed by atoms with Gasteiger partial charge in [-0.15, -0.1) is 11.5 Å². The second kappa shape index (κ2) is 3.63. The van der Waals surface area contributed by atoms with Crippen LogP contribution in [0.5, 0.6) is 5.88 Å². The van der Waals surface area contributed by atoms with Crippen molar-refractivity contribution in [2.45, 2.75) is 26.4 Å². The molecule has 2 aromatic rings. The van der Waals surface area contributed by atoms with Crippen LogP contribution in [0.2, 0.25) is 0 Å². The van der Waals surface area contributed by atoms with Gasteiger partial charge in [0.25, 0.3) is 5.88 Å². The fraction of sp³-hybridized carbons (Fsp3) is 0.364. The van der Waals surface area contributed by atoms with E-state index < -0.39 is 0 Å². The van der Waals surface area contributed by atoms with E-state index in [0.29, 0.717) is 16.9 Å². The van der Waals surface area contributed by atoms with Gasteiger partial charge < -0.3 is 10.5 Å². The maximum absolute atomic E-state index is 5.74. The summed E-state index contributed by atoms with van der Waals surface area (Å²) in [6, 6.07) is 0.